The lowest BCUT2D eigenvalue weighted by Crippen LogP contribution is -2.43. The van der Waals surface area contributed by atoms with Crippen molar-refractivity contribution >= 4 is 23.6 Å². The number of methoxy groups -OCH3 is 1. The molecule has 8 heteroatoms. The fraction of sp³-hybridized carbons (Fsp3) is 0.652. The maximum absolute atomic E-state index is 13.1. The fourth-order valence-electron chi connectivity index (χ4n) is 4.16. The number of carbonyl (C=O) groups is 2. The van der Waals surface area contributed by atoms with Crippen LogP contribution in [0.25, 0.3) is 0 Å². The average molecular weight is 450 g/mol. The molecule has 0 saturated carbocycles. The Kier molecular flexibility index (Phi) is 9.04. The minimum atomic E-state index is -0.185. The van der Waals surface area contributed by atoms with Crippen LogP contribution in [0, 0.1) is 0 Å². The molecule has 2 atom stereocenters. The van der Waals surface area contributed by atoms with E-state index in [0.29, 0.717) is 45.3 Å². The molecule has 2 amide bonds. The maximum Gasteiger partial charge on any atom is 0.248 e. The van der Waals surface area contributed by atoms with Gasteiger partial charge in [-0.25, -0.2) is 0 Å². The number of benzene rings is 1. The maximum atomic E-state index is 13.1. The van der Waals surface area contributed by atoms with Crippen molar-refractivity contribution in [2.24, 2.45) is 0 Å². The molecule has 0 aromatic heterocycles. The molecule has 0 N–H and O–H groups in total. The lowest BCUT2D eigenvalue weighted by atomic mass is 10.2. The third-order valence-corrected chi connectivity index (χ3v) is 7.21. The van der Waals surface area contributed by atoms with E-state index in [1.54, 1.807) is 12.0 Å². The highest BCUT2D eigenvalue weighted by atomic mass is 32.2. The van der Waals surface area contributed by atoms with E-state index in [-0.39, 0.29) is 24.5 Å². The molecule has 3 rings (SSSR count). The van der Waals surface area contributed by atoms with Crippen molar-refractivity contribution in [3.8, 4) is 5.75 Å². The number of hydrogen-bond acceptors (Lipinski definition) is 6. The van der Waals surface area contributed by atoms with Gasteiger partial charge >= 0.3 is 0 Å². The Morgan fingerprint density at radius 2 is 1.94 bits per heavy atom. The van der Waals surface area contributed by atoms with Crippen LogP contribution in [-0.4, -0.2) is 96.6 Å². The monoisotopic (exact) mass is 449 g/mol. The molecular formula is C23H35N3O4S. The zero-order chi connectivity index (χ0) is 22.2. The number of ether oxygens (including phenoxy) is 2. The minimum absolute atomic E-state index is 0.00486. The second kappa shape index (κ2) is 11.7. The average Bonchev–Trinajstić information content (AvgIpc) is 3.27. The quantitative estimate of drug-likeness (QED) is 0.575. The van der Waals surface area contributed by atoms with Gasteiger partial charge in [0.1, 0.15) is 12.4 Å². The molecule has 1 aromatic rings. The first-order valence-corrected chi connectivity index (χ1v) is 12.3. The molecule has 31 heavy (non-hydrogen) atoms. The zero-order valence-corrected chi connectivity index (χ0v) is 19.7. The van der Waals surface area contributed by atoms with Crippen LogP contribution in [0.3, 0.4) is 0 Å². The van der Waals surface area contributed by atoms with Crippen LogP contribution in [-0.2, 0) is 20.9 Å². The predicted octanol–water partition coefficient (Wildman–Crippen LogP) is 2.10. The van der Waals surface area contributed by atoms with Gasteiger partial charge in [0, 0.05) is 44.5 Å². The van der Waals surface area contributed by atoms with Crippen LogP contribution in [0.2, 0.25) is 0 Å². The normalized spacial score (nSPS) is 22.4. The Hall–Kier alpha value is -1.77. The SMILES string of the molecule is CCN(CC)C(=O)CO[C@@H]1CN(Cc2ccc(OC)cc2)C(=O)CN([C@@H]2CCSC2)C1. The smallest absolute Gasteiger partial charge is 0.248 e. The van der Waals surface area contributed by atoms with Gasteiger partial charge in [-0.2, -0.15) is 11.8 Å². The van der Waals surface area contributed by atoms with Gasteiger partial charge in [0.05, 0.1) is 19.8 Å². The number of carbonyl (C=O) groups excluding carboxylic acids is 2. The fourth-order valence-corrected chi connectivity index (χ4v) is 5.41. The van der Waals surface area contributed by atoms with Gasteiger partial charge in [0.25, 0.3) is 0 Å². The van der Waals surface area contributed by atoms with Crippen molar-refractivity contribution < 1.29 is 19.1 Å². The van der Waals surface area contributed by atoms with E-state index in [1.807, 2.05) is 54.8 Å². The van der Waals surface area contributed by atoms with Crippen molar-refractivity contribution in [1.29, 1.82) is 0 Å². The minimum Gasteiger partial charge on any atom is -0.497 e. The third kappa shape index (κ3) is 6.60. The van der Waals surface area contributed by atoms with Gasteiger partial charge < -0.3 is 19.3 Å². The summed E-state index contributed by atoms with van der Waals surface area (Å²) in [5.41, 5.74) is 1.05. The molecule has 2 fully saturated rings. The van der Waals surface area contributed by atoms with Crippen LogP contribution >= 0.6 is 11.8 Å². The van der Waals surface area contributed by atoms with E-state index in [9.17, 15) is 9.59 Å². The zero-order valence-electron chi connectivity index (χ0n) is 18.9. The van der Waals surface area contributed by atoms with E-state index in [2.05, 4.69) is 4.90 Å². The van der Waals surface area contributed by atoms with E-state index < -0.39 is 0 Å². The van der Waals surface area contributed by atoms with E-state index in [0.717, 1.165) is 29.2 Å². The third-order valence-electron chi connectivity index (χ3n) is 6.07. The number of likely N-dealkylation sites (N-methyl/N-ethyl adjacent to an activating group) is 1. The Labute approximate surface area is 190 Å². The second-order valence-corrected chi connectivity index (χ2v) is 9.22. The topological polar surface area (TPSA) is 62.3 Å². The van der Waals surface area contributed by atoms with Gasteiger partial charge in [-0.3, -0.25) is 14.5 Å². The van der Waals surface area contributed by atoms with Crippen LogP contribution in [0.5, 0.6) is 5.75 Å². The Morgan fingerprint density at radius 3 is 2.55 bits per heavy atom. The largest absolute Gasteiger partial charge is 0.497 e. The summed E-state index contributed by atoms with van der Waals surface area (Å²) in [6.45, 7) is 7.47. The Morgan fingerprint density at radius 1 is 1.19 bits per heavy atom. The lowest BCUT2D eigenvalue weighted by molar-refractivity contribution is -0.138. The molecule has 0 aliphatic carbocycles. The summed E-state index contributed by atoms with van der Waals surface area (Å²) in [7, 11) is 1.64. The molecule has 172 valence electrons. The molecule has 0 bridgehead atoms. The van der Waals surface area contributed by atoms with Crippen LogP contribution in [0.4, 0.5) is 0 Å². The molecule has 2 saturated heterocycles. The van der Waals surface area contributed by atoms with Crippen molar-refractivity contribution in [1.82, 2.24) is 14.7 Å². The lowest BCUT2D eigenvalue weighted by Gasteiger charge is -2.28. The molecular weight excluding hydrogens is 414 g/mol. The summed E-state index contributed by atoms with van der Waals surface area (Å²) in [5.74, 6) is 3.11. The first-order valence-electron chi connectivity index (χ1n) is 11.2. The number of hydrogen-bond donors (Lipinski definition) is 0. The molecule has 2 aliphatic heterocycles. The highest BCUT2D eigenvalue weighted by Crippen LogP contribution is 2.25. The summed E-state index contributed by atoms with van der Waals surface area (Å²) >= 11 is 1.94. The predicted molar refractivity (Wildman–Crippen MR) is 123 cm³/mol. The summed E-state index contributed by atoms with van der Waals surface area (Å²) in [5, 5.41) is 0. The summed E-state index contributed by atoms with van der Waals surface area (Å²) < 4.78 is 11.3. The summed E-state index contributed by atoms with van der Waals surface area (Å²) in [4.78, 5) is 31.5. The van der Waals surface area contributed by atoms with Gasteiger partial charge in [-0.15, -0.1) is 0 Å². The van der Waals surface area contributed by atoms with Gasteiger partial charge in [0.15, 0.2) is 0 Å². The summed E-state index contributed by atoms with van der Waals surface area (Å²) in [6, 6.07) is 8.20. The van der Waals surface area contributed by atoms with Gasteiger partial charge in [-0.1, -0.05) is 12.1 Å². The van der Waals surface area contributed by atoms with E-state index in [4.69, 9.17) is 9.47 Å². The van der Waals surface area contributed by atoms with Crippen molar-refractivity contribution in [3.63, 3.8) is 0 Å². The second-order valence-electron chi connectivity index (χ2n) is 8.07. The number of rotatable bonds is 9. The van der Waals surface area contributed by atoms with E-state index in [1.165, 1.54) is 0 Å². The highest BCUT2D eigenvalue weighted by Gasteiger charge is 2.33. The highest BCUT2D eigenvalue weighted by molar-refractivity contribution is 7.99. The van der Waals surface area contributed by atoms with Gasteiger partial charge in [0.2, 0.25) is 11.8 Å². The first kappa shape index (κ1) is 23.9. The van der Waals surface area contributed by atoms with Crippen molar-refractivity contribution in [3.05, 3.63) is 29.8 Å². The Balaban J connectivity index is 1.69. The molecule has 1 aromatic carbocycles. The standard InChI is InChI=1S/C23H35N3O4S/c1-4-24(5-2)23(28)16-30-21-13-25(19-10-11-31-17-19)15-22(27)26(14-21)12-18-6-8-20(29-3)9-7-18/h6-9,19,21H,4-5,10-17H2,1-3H3/t19-,21+/m1/s1. The molecule has 0 radical (unpaired) electrons. The molecule has 2 aliphatic rings. The molecule has 0 spiro atoms. The van der Waals surface area contributed by atoms with Crippen LogP contribution in [0.1, 0.15) is 25.8 Å². The molecule has 0 unspecified atom stereocenters. The van der Waals surface area contributed by atoms with Crippen molar-refractivity contribution in [2.75, 3.05) is 57.9 Å². The van der Waals surface area contributed by atoms with Crippen LogP contribution in [0.15, 0.2) is 24.3 Å². The number of amides is 2. The van der Waals surface area contributed by atoms with Crippen LogP contribution < -0.4 is 4.74 Å². The number of nitrogens with zero attached hydrogens (tertiary/aromatic N) is 3. The first-order chi connectivity index (χ1) is 15.0. The van der Waals surface area contributed by atoms with E-state index >= 15 is 0 Å². The molecule has 2 heterocycles. The Bertz CT molecular complexity index is 720. The number of thioether (sulfide) groups is 1. The summed E-state index contributed by atoms with van der Waals surface area (Å²) in [6.07, 6.45) is 0.913. The van der Waals surface area contributed by atoms with Gasteiger partial charge in [-0.05, 0) is 43.7 Å². The molecule has 7 nitrogen and oxygen atoms in total. The van der Waals surface area contributed by atoms with Crippen molar-refractivity contribution in [2.45, 2.75) is 39.0 Å².